The van der Waals surface area contributed by atoms with Crippen LogP contribution < -0.4 is 0 Å². The van der Waals surface area contributed by atoms with Gasteiger partial charge in [0.05, 0.1) is 19.8 Å². The second kappa shape index (κ2) is 8.51. The maximum Gasteiger partial charge on any atom is 0.236 e. The van der Waals surface area contributed by atoms with Crippen molar-refractivity contribution in [3.63, 3.8) is 0 Å². The predicted octanol–water partition coefficient (Wildman–Crippen LogP) is 1.62. The van der Waals surface area contributed by atoms with Gasteiger partial charge < -0.3 is 14.2 Å². The number of thioether (sulfide) groups is 1. The zero-order valence-corrected chi connectivity index (χ0v) is 16.3. The Bertz CT molecular complexity index is 586. The van der Waals surface area contributed by atoms with Crippen molar-refractivity contribution in [1.82, 2.24) is 24.6 Å². The molecule has 1 atom stereocenters. The van der Waals surface area contributed by atoms with Crippen LogP contribution >= 0.6 is 11.8 Å². The summed E-state index contributed by atoms with van der Waals surface area (Å²) < 4.78 is 7.59. The molecule has 0 N–H and O–H groups in total. The molecule has 0 aliphatic carbocycles. The first-order valence-electron chi connectivity index (χ1n) is 9.16. The van der Waals surface area contributed by atoms with Gasteiger partial charge in [-0.25, -0.2) is 0 Å². The number of hydrogen-bond acceptors (Lipinski definition) is 6. The van der Waals surface area contributed by atoms with Gasteiger partial charge in [-0.2, -0.15) is 0 Å². The molecule has 1 aromatic heterocycles. The Morgan fingerprint density at radius 3 is 2.72 bits per heavy atom. The van der Waals surface area contributed by atoms with E-state index in [1.165, 1.54) is 0 Å². The van der Waals surface area contributed by atoms with Crippen molar-refractivity contribution < 1.29 is 9.53 Å². The Kier molecular flexibility index (Phi) is 6.35. The van der Waals surface area contributed by atoms with Gasteiger partial charge in [0.25, 0.3) is 0 Å². The van der Waals surface area contributed by atoms with Crippen LogP contribution in [0.3, 0.4) is 0 Å². The molecule has 7 nitrogen and oxygen atoms in total. The molecule has 2 fully saturated rings. The largest absolute Gasteiger partial charge is 0.378 e. The van der Waals surface area contributed by atoms with Crippen LogP contribution in [0, 0.1) is 0 Å². The Hall–Kier alpha value is -1.12. The second-order valence-corrected chi connectivity index (χ2v) is 7.85. The lowest BCUT2D eigenvalue weighted by molar-refractivity contribution is -0.136. The summed E-state index contributed by atoms with van der Waals surface area (Å²) in [6.45, 7) is 9.47. The molecule has 1 aromatic rings. The lowest BCUT2D eigenvalue weighted by atomic mass is 9.97. The topological polar surface area (TPSA) is 63.5 Å². The minimum Gasteiger partial charge on any atom is -0.378 e. The van der Waals surface area contributed by atoms with Crippen molar-refractivity contribution in [3.05, 3.63) is 5.82 Å². The average molecular weight is 368 g/mol. The molecule has 3 heterocycles. The monoisotopic (exact) mass is 367 g/mol. The van der Waals surface area contributed by atoms with Gasteiger partial charge >= 0.3 is 0 Å². The molecular weight excluding hydrogens is 338 g/mol. The summed E-state index contributed by atoms with van der Waals surface area (Å²) in [6.07, 6.45) is 4.25. The van der Waals surface area contributed by atoms with Gasteiger partial charge in [0.2, 0.25) is 5.91 Å². The molecular formula is C17H29N5O2S. The molecule has 2 aliphatic heterocycles. The zero-order valence-electron chi connectivity index (χ0n) is 15.5. The summed E-state index contributed by atoms with van der Waals surface area (Å²) in [5, 5.41) is 9.83. The first kappa shape index (κ1) is 18.7. The quantitative estimate of drug-likeness (QED) is 0.737. The van der Waals surface area contributed by atoms with Gasteiger partial charge in [-0.3, -0.25) is 9.69 Å². The van der Waals surface area contributed by atoms with E-state index in [1.807, 2.05) is 11.2 Å². The van der Waals surface area contributed by atoms with E-state index in [4.69, 9.17) is 4.74 Å². The molecule has 0 unspecified atom stereocenters. The molecule has 0 aromatic carbocycles. The first-order valence-corrected chi connectivity index (χ1v) is 10.4. The predicted molar refractivity (Wildman–Crippen MR) is 98.0 cm³/mol. The molecule has 0 radical (unpaired) electrons. The van der Waals surface area contributed by atoms with E-state index in [1.54, 1.807) is 11.8 Å². The summed E-state index contributed by atoms with van der Waals surface area (Å²) in [4.78, 5) is 16.7. The number of piperidine rings is 1. The van der Waals surface area contributed by atoms with E-state index in [-0.39, 0.29) is 5.91 Å². The lowest BCUT2D eigenvalue weighted by Gasteiger charge is -2.34. The Morgan fingerprint density at radius 2 is 2.04 bits per heavy atom. The van der Waals surface area contributed by atoms with Gasteiger partial charge in [-0.05, 0) is 39.5 Å². The summed E-state index contributed by atoms with van der Waals surface area (Å²) in [6, 6.07) is 0.345. The molecule has 3 rings (SSSR count). The molecule has 0 spiro atoms. The smallest absolute Gasteiger partial charge is 0.236 e. The second-order valence-electron chi connectivity index (χ2n) is 7.08. The highest BCUT2D eigenvalue weighted by atomic mass is 32.2. The average Bonchev–Trinajstić information content (AvgIpc) is 3.07. The molecule has 1 amide bonds. The molecule has 140 valence electrons. The number of nitrogens with zero attached hydrogens (tertiary/aromatic N) is 5. The number of ether oxygens (including phenoxy) is 1. The van der Waals surface area contributed by atoms with Crippen molar-refractivity contribution in [1.29, 1.82) is 0 Å². The third-order valence-corrected chi connectivity index (χ3v) is 5.63. The molecule has 8 heteroatoms. The molecule has 0 saturated carbocycles. The van der Waals surface area contributed by atoms with Gasteiger partial charge in [0.1, 0.15) is 5.82 Å². The van der Waals surface area contributed by atoms with Crippen molar-refractivity contribution in [2.75, 3.05) is 52.2 Å². The van der Waals surface area contributed by atoms with E-state index in [2.05, 4.69) is 33.5 Å². The fourth-order valence-corrected chi connectivity index (χ4v) is 4.33. The number of morpholine rings is 1. The standard InChI is InChI=1S/C17H29N5O2S/c1-13(2)22-16(18-19-17(22)25-3)14-5-4-6-20(11-14)12-15(23)21-7-9-24-10-8-21/h13-14H,4-12H2,1-3H3/t14-/m1/s1. The molecule has 2 aliphatic rings. The third-order valence-electron chi connectivity index (χ3n) is 4.98. The fourth-order valence-electron chi connectivity index (χ4n) is 3.71. The third kappa shape index (κ3) is 4.35. The fraction of sp³-hybridized carbons (Fsp3) is 0.824. The number of aromatic nitrogens is 3. The van der Waals surface area contributed by atoms with E-state index in [0.29, 0.717) is 31.7 Å². The molecule has 25 heavy (non-hydrogen) atoms. The van der Waals surface area contributed by atoms with Crippen molar-refractivity contribution in [2.24, 2.45) is 0 Å². The molecule has 2 saturated heterocycles. The van der Waals surface area contributed by atoms with E-state index < -0.39 is 0 Å². The minimum absolute atomic E-state index is 0.221. The highest BCUT2D eigenvalue weighted by molar-refractivity contribution is 7.98. The van der Waals surface area contributed by atoms with Crippen molar-refractivity contribution in [3.8, 4) is 0 Å². The number of rotatable bonds is 5. The summed E-state index contributed by atoms with van der Waals surface area (Å²) in [5.41, 5.74) is 0. The number of carbonyl (C=O) groups is 1. The van der Waals surface area contributed by atoms with Crippen LogP contribution in [0.1, 0.15) is 44.5 Å². The van der Waals surface area contributed by atoms with Crippen LogP contribution in [0.25, 0.3) is 0 Å². The lowest BCUT2D eigenvalue weighted by Crippen LogP contribution is -2.47. The van der Waals surface area contributed by atoms with Crippen LogP contribution in [0.4, 0.5) is 0 Å². The number of hydrogen-bond donors (Lipinski definition) is 0. The first-order chi connectivity index (χ1) is 12.1. The SMILES string of the molecule is CSc1nnc([C@@H]2CCCN(CC(=O)N3CCOCC3)C2)n1C(C)C. The van der Waals surface area contributed by atoms with Crippen molar-refractivity contribution in [2.45, 2.75) is 43.8 Å². The van der Waals surface area contributed by atoms with E-state index >= 15 is 0 Å². The van der Waals surface area contributed by atoms with Gasteiger partial charge in [-0.1, -0.05) is 11.8 Å². The van der Waals surface area contributed by atoms with Crippen LogP contribution in [-0.4, -0.2) is 82.7 Å². The Balaban J connectivity index is 1.65. The van der Waals surface area contributed by atoms with E-state index in [0.717, 1.165) is 50.0 Å². The highest BCUT2D eigenvalue weighted by Crippen LogP contribution is 2.30. The van der Waals surface area contributed by atoms with E-state index in [9.17, 15) is 4.79 Å². The maximum absolute atomic E-state index is 12.5. The van der Waals surface area contributed by atoms with Crippen LogP contribution in [0.5, 0.6) is 0 Å². The normalized spacial score (nSPS) is 22.6. The summed E-state index contributed by atoms with van der Waals surface area (Å²) >= 11 is 1.64. The number of carbonyl (C=O) groups excluding carboxylic acids is 1. The van der Waals surface area contributed by atoms with Gasteiger partial charge in [0.15, 0.2) is 5.16 Å². The maximum atomic E-state index is 12.5. The molecule has 0 bridgehead atoms. The Morgan fingerprint density at radius 1 is 1.28 bits per heavy atom. The van der Waals surface area contributed by atoms with Gasteiger partial charge in [-0.15, -0.1) is 10.2 Å². The van der Waals surface area contributed by atoms with Crippen LogP contribution in [-0.2, 0) is 9.53 Å². The Labute approximate surface area is 154 Å². The van der Waals surface area contributed by atoms with Gasteiger partial charge in [0, 0.05) is 31.6 Å². The van der Waals surface area contributed by atoms with Crippen LogP contribution in [0.2, 0.25) is 0 Å². The van der Waals surface area contributed by atoms with Crippen LogP contribution in [0.15, 0.2) is 5.16 Å². The summed E-state index contributed by atoms with van der Waals surface area (Å²) in [5.74, 6) is 1.64. The minimum atomic E-state index is 0.221. The summed E-state index contributed by atoms with van der Waals surface area (Å²) in [7, 11) is 0. The zero-order chi connectivity index (χ0) is 17.8. The highest BCUT2D eigenvalue weighted by Gasteiger charge is 2.29. The van der Waals surface area contributed by atoms with Crippen molar-refractivity contribution >= 4 is 17.7 Å². The number of likely N-dealkylation sites (tertiary alicyclic amines) is 1. The number of amides is 1.